The molecule has 3 aromatic rings. The van der Waals surface area contributed by atoms with Gasteiger partial charge in [0.15, 0.2) is 11.5 Å². The van der Waals surface area contributed by atoms with Gasteiger partial charge in [0, 0.05) is 5.56 Å². The average Bonchev–Trinajstić information content (AvgIpc) is 2.89. The van der Waals surface area contributed by atoms with E-state index < -0.39 is 5.91 Å². The predicted molar refractivity (Wildman–Crippen MR) is 149 cm³/mol. The minimum atomic E-state index is -0.456. The van der Waals surface area contributed by atoms with E-state index in [0.29, 0.717) is 40.1 Å². The molecule has 0 aliphatic heterocycles. The molecule has 0 aromatic heterocycles. The normalized spacial score (nSPS) is 11.8. The Kier molecular flexibility index (Phi) is 10.2. The number of carbonyl (C=O) groups is 1. The summed E-state index contributed by atoms with van der Waals surface area (Å²) in [5, 5.41) is 13.5. The molecule has 0 spiro atoms. The Morgan fingerprint density at radius 2 is 1.86 bits per heavy atom. The molecular weight excluding hydrogens is 507 g/mol. The highest BCUT2D eigenvalue weighted by atomic mass is 35.5. The van der Waals surface area contributed by atoms with Gasteiger partial charge in [-0.3, -0.25) is 4.79 Å². The number of allylic oxidation sites excluding steroid dienone is 1. The fourth-order valence-electron chi connectivity index (χ4n) is 3.70. The third-order valence-electron chi connectivity index (χ3n) is 5.51. The van der Waals surface area contributed by atoms with Crippen molar-refractivity contribution in [2.45, 2.75) is 32.9 Å². The van der Waals surface area contributed by atoms with Crippen LogP contribution in [0.2, 0.25) is 10.0 Å². The number of carbonyl (C=O) groups excluding carboxylic acids is 1. The van der Waals surface area contributed by atoms with Crippen molar-refractivity contribution in [2.24, 2.45) is 0 Å². The van der Waals surface area contributed by atoms with Crippen molar-refractivity contribution >= 4 is 35.2 Å². The zero-order chi connectivity index (χ0) is 26.8. The maximum absolute atomic E-state index is 12.9. The lowest BCUT2D eigenvalue weighted by molar-refractivity contribution is -0.117. The Morgan fingerprint density at radius 3 is 2.51 bits per heavy atom. The van der Waals surface area contributed by atoms with Gasteiger partial charge in [-0.1, -0.05) is 65.7 Å². The molecule has 0 bridgehead atoms. The first-order valence-corrected chi connectivity index (χ1v) is 12.6. The van der Waals surface area contributed by atoms with Crippen LogP contribution >= 0.6 is 23.2 Å². The van der Waals surface area contributed by atoms with E-state index in [2.05, 4.69) is 11.9 Å². The molecule has 0 radical (unpaired) electrons. The SMILES string of the molecule is C=CCc1cc(/C=C(/C#N)C(=O)N[C@@H](C)c2ccccc2)cc(OCC)c1OCc1ccc(Cl)c(Cl)c1. The minimum absolute atomic E-state index is 0.0146. The highest BCUT2D eigenvalue weighted by Crippen LogP contribution is 2.36. The summed E-state index contributed by atoms with van der Waals surface area (Å²) in [4.78, 5) is 12.9. The van der Waals surface area contributed by atoms with Gasteiger partial charge in [0.2, 0.25) is 0 Å². The van der Waals surface area contributed by atoms with Crippen LogP contribution in [-0.4, -0.2) is 12.5 Å². The topological polar surface area (TPSA) is 71.4 Å². The molecule has 1 amide bonds. The summed E-state index contributed by atoms with van der Waals surface area (Å²) in [6.45, 7) is 8.25. The molecule has 0 unspecified atom stereocenters. The first-order valence-electron chi connectivity index (χ1n) is 11.8. The molecule has 0 heterocycles. The Labute approximate surface area is 227 Å². The second-order valence-electron chi connectivity index (χ2n) is 8.25. The zero-order valence-corrected chi connectivity index (χ0v) is 22.3. The molecule has 190 valence electrons. The van der Waals surface area contributed by atoms with Gasteiger partial charge in [-0.15, -0.1) is 6.58 Å². The maximum atomic E-state index is 12.9. The minimum Gasteiger partial charge on any atom is -0.490 e. The second-order valence-corrected chi connectivity index (χ2v) is 9.06. The van der Waals surface area contributed by atoms with E-state index in [1.54, 1.807) is 30.4 Å². The number of benzene rings is 3. The summed E-state index contributed by atoms with van der Waals surface area (Å²) in [5.74, 6) is 0.608. The average molecular weight is 535 g/mol. The van der Waals surface area contributed by atoms with Gasteiger partial charge < -0.3 is 14.8 Å². The molecule has 0 fully saturated rings. The van der Waals surface area contributed by atoms with Crippen molar-refractivity contribution in [3.8, 4) is 17.6 Å². The predicted octanol–water partition coefficient (Wildman–Crippen LogP) is 7.48. The van der Waals surface area contributed by atoms with Crippen molar-refractivity contribution in [2.75, 3.05) is 6.61 Å². The fraction of sp³-hybridized carbons (Fsp3) is 0.200. The number of ether oxygens (including phenoxy) is 2. The Bertz CT molecular complexity index is 1330. The van der Waals surface area contributed by atoms with E-state index >= 15 is 0 Å². The third kappa shape index (κ3) is 7.63. The van der Waals surface area contributed by atoms with E-state index in [-0.39, 0.29) is 18.2 Å². The first kappa shape index (κ1) is 27.9. The Hall–Kier alpha value is -3.72. The van der Waals surface area contributed by atoms with E-state index in [0.717, 1.165) is 16.7 Å². The third-order valence-corrected chi connectivity index (χ3v) is 6.25. The fourth-order valence-corrected chi connectivity index (χ4v) is 4.02. The molecule has 3 rings (SSSR count). The Morgan fingerprint density at radius 1 is 1.11 bits per heavy atom. The lowest BCUT2D eigenvalue weighted by atomic mass is 10.0. The van der Waals surface area contributed by atoms with Crippen LogP contribution in [0.25, 0.3) is 6.08 Å². The van der Waals surface area contributed by atoms with E-state index in [1.165, 1.54) is 0 Å². The summed E-state index contributed by atoms with van der Waals surface area (Å²) >= 11 is 12.2. The van der Waals surface area contributed by atoms with Gasteiger partial charge in [0.1, 0.15) is 18.2 Å². The first-order chi connectivity index (χ1) is 17.9. The Balaban J connectivity index is 1.90. The summed E-state index contributed by atoms with van der Waals surface area (Å²) in [6.07, 6.45) is 3.80. The molecule has 1 N–H and O–H groups in total. The highest BCUT2D eigenvalue weighted by molar-refractivity contribution is 6.42. The zero-order valence-electron chi connectivity index (χ0n) is 20.8. The van der Waals surface area contributed by atoms with Gasteiger partial charge in [-0.05, 0) is 67.3 Å². The molecule has 37 heavy (non-hydrogen) atoms. The van der Waals surface area contributed by atoms with Crippen LogP contribution in [0.15, 0.2) is 78.9 Å². The van der Waals surface area contributed by atoms with E-state index in [4.69, 9.17) is 32.7 Å². The number of nitrogens with zero attached hydrogens (tertiary/aromatic N) is 1. The van der Waals surface area contributed by atoms with Gasteiger partial charge in [0.25, 0.3) is 5.91 Å². The summed E-state index contributed by atoms with van der Waals surface area (Å²) in [7, 11) is 0. The lowest BCUT2D eigenvalue weighted by Crippen LogP contribution is -2.27. The highest BCUT2D eigenvalue weighted by Gasteiger charge is 2.17. The van der Waals surface area contributed by atoms with E-state index in [1.807, 2.05) is 62.4 Å². The summed E-state index contributed by atoms with van der Waals surface area (Å²) in [5.41, 5.74) is 3.23. The van der Waals surface area contributed by atoms with Crippen LogP contribution in [0.5, 0.6) is 11.5 Å². The van der Waals surface area contributed by atoms with Crippen molar-refractivity contribution in [3.05, 3.63) is 111 Å². The maximum Gasteiger partial charge on any atom is 0.262 e. The molecule has 5 nitrogen and oxygen atoms in total. The number of rotatable bonds is 11. The van der Waals surface area contributed by atoms with Crippen molar-refractivity contribution in [3.63, 3.8) is 0 Å². The van der Waals surface area contributed by atoms with Crippen molar-refractivity contribution in [1.29, 1.82) is 5.26 Å². The van der Waals surface area contributed by atoms with Gasteiger partial charge in [-0.2, -0.15) is 5.26 Å². The summed E-state index contributed by atoms with van der Waals surface area (Å²) < 4.78 is 12.0. The second kappa shape index (κ2) is 13.5. The number of halogens is 2. The molecular formula is C30H28Cl2N2O3. The standard InChI is InChI=1S/C30H28Cl2N2O3/c1-4-9-24-14-22(15-25(18-33)30(35)34-20(3)23-10-7-6-8-11-23)17-28(36-5-2)29(24)37-19-21-12-13-26(31)27(32)16-21/h4,6-8,10-17,20H,1,5,9,19H2,2-3H3,(H,34,35)/b25-15-/t20-/m0/s1. The van der Waals surface area contributed by atoms with Gasteiger partial charge in [-0.25, -0.2) is 0 Å². The molecule has 0 aliphatic carbocycles. The number of hydrogen-bond acceptors (Lipinski definition) is 4. The molecule has 1 atom stereocenters. The van der Waals surface area contributed by atoms with Crippen LogP contribution in [-0.2, 0) is 17.8 Å². The molecule has 0 saturated heterocycles. The molecule has 3 aromatic carbocycles. The van der Waals surface area contributed by atoms with Crippen LogP contribution < -0.4 is 14.8 Å². The largest absolute Gasteiger partial charge is 0.490 e. The van der Waals surface area contributed by atoms with Crippen LogP contribution in [0, 0.1) is 11.3 Å². The van der Waals surface area contributed by atoms with Gasteiger partial charge >= 0.3 is 0 Å². The lowest BCUT2D eigenvalue weighted by Gasteiger charge is -2.17. The molecule has 0 aliphatic rings. The van der Waals surface area contributed by atoms with Crippen molar-refractivity contribution < 1.29 is 14.3 Å². The van der Waals surface area contributed by atoms with Crippen molar-refractivity contribution in [1.82, 2.24) is 5.32 Å². The molecule has 0 saturated carbocycles. The molecule has 7 heteroatoms. The van der Waals surface area contributed by atoms with Gasteiger partial charge in [0.05, 0.1) is 22.7 Å². The quantitative estimate of drug-likeness (QED) is 0.157. The van der Waals surface area contributed by atoms with Crippen LogP contribution in [0.4, 0.5) is 0 Å². The van der Waals surface area contributed by atoms with Crippen LogP contribution in [0.3, 0.4) is 0 Å². The van der Waals surface area contributed by atoms with E-state index in [9.17, 15) is 10.1 Å². The number of nitriles is 1. The summed E-state index contributed by atoms with van der Waals surface area (Å²) in [6, 6.07) is 20.3. The number of hydrogen-bond donors (Lipinski definition) is 1. The monoisotopic (exact) mass is 534 g/mol. The van der Waals surface area contributed by atoms with Crippen LogP contribution in [0.1, 0.15) is 42.1 Å². The smallest absolute Gasteiger partial charge is 0.262 e. The number of nitrogens with one attached hydrogen (secondary N) is 1. The number of amides is 1.